The summed E-state index contributed by atoms with van der Waals surface area (Å²) in [4.78, 5) is 11.9. The molecule has 156 valence electrons. The van der Waals surface area contributed by atoms with E-state index in [2.05, 4.69) is 26.2 Å². The molecular weight excluding hydrogens is 437 g/mol. The van der Waals surface area contributed by atoms with Crippen LogP contribution in [0.5, 0.6) is 0 Å². The van der Waals surface area contributed by atoms with E-state index in [0.29, 0.717) is 39.4 Å². The molecule has 1 heterocycles. The van der Waals surface area contributed by atoms with Gasteiger partial charge in [0, 0.05) is 36.9 Å². The zero-order valence-electron chi connectivity index (χ0n) is 15.3. The predicted octanol–water partition coefficient (Wildman–Crippen LogP) is 2.78. The molecule has 1 fully saturated rings. The maximum absolute atomic E-state index is 12.4. The molecule has 0 radical (unpaired) electrons. The van der Waals surface area contributed by atoms with Gasteiger partial charge in [0.15, 0.2) is 0 Å². The average Bonchev–Trinajstić information content (AvgIpc) is 3.18. The van der Waals surface area contributed by atoms with Gasteiger partial charge < -0.3 is 10.6 Å². The average molecular weight is 458 g/mol. The fourth-order valence-electron chi connectivity index (χ4n) is 2.75. The second kappa shape index (κ2) is 9.64. The molecule has 0 bridgehead atoms. The van der Waals surface area contributed by atoms with Crippen molar-refractivity contribution in [3.8, 4) is 0 Å². The van der Waals surface area contributed by atoms with Crippen LogP contribution in [0, 0.1) is 5.92 Å². The van der Waals surface area contributed by atoms with Crippen molar-refractivity contribution in [2.24, 2.45) is 5.92 Å². The number of halogens is 2. The van der Waals surface area contributed by atoms with Crippen LogP contribution in [0.3, 0.4) is 0 Å². The monoisotopic (exact) mass is 457 g/mol. The molecule has 5 N–H and O–H groups in total. The van der Waals surface area contributed by atoms with Crippen molar-refractivity contribution in [2.45, 2.75) is 5.75 Å². The summed E-state index contributed by atoms with van der Waals surface area (Å²) in [6.07, 6.45) is 0. The molecule has 0 saturated carbocycles. The van der Waals surface area contributed by atoms with Gasteiger partial charge in [-0.1, -0.05) is 29.3 Å². The molecule has 0 atom stereocenters. The summed E-state index contributed by atoms with van der Waals surface area (Å²) in [5.74, 6) is 0.102. The van der Waals surface area contributed by atoms with Crippen LogP contribution in [0.4, 0.5) is 16.2 Å². The lowest BCUT2D eigenvalue weighted by atomic mass is 10.2. The number of benzene rings is 2. The Morgan fingerprint density at radius 1 is 1.00 bits per heavy atom. The molecule has 2 aromatic rings. The minimum atomic E-state index is -3.63. The molecule has 0 spiro atoms. The summed E-state index contributed by atoms with van der Waals surface area (Å²) < 4.78 is 27.2. The Bertz CT molecular complexity index is 964. The highest BCUT2D eigenvalue weighted by Gasteiger charge is 2.15. The molecule has 0 unspecified atom stereocenters. The van der Waals surface area contributed by atoms with Crippen LogP contribution in [0.2, 0.25) is 10.0 Å². The molecule has 1 saturated heterocycles. The molecule has 29 heavy (non-hydrogen) atoms. The minimum absolute atomic E-state index is 0.239. The van der Waals surface area contributed by atoms with E-state index in [1.54, 1.807) is 36.4 Å². The minimum Gasteiger partial charge on any atom is -0.337 e. The number of carbonyl (C=O) groups is 1. The Labute approximate surface area is 179 Å². The second-order valence-corrected chi connectivity index (χ2v) is 9.19. The van der Waals surface area contributed by atoms with Crippen molar-refractivity contribution < 1.29 is 13.2 Å². The summed E-state index contributed by atoms with van der Waals surface area (Å²) >= 11 is 11.8. The van der Waals surface area contributed by atoms with Gasteiger partial charge in [-0.15, -0.1) is 0 Å². The fraction of sp³-hybridized carbons (Fsp3) is 0.278. The number of anilines is 2. The van der Waals surface area contributed by atoms with Gasteiger partial charge >= 0.3 is 6.03 Å². The molecule has 0 aromatic heterocycles. The molecule has 8 nitrogen and oxygen atoms in total. The topological polar surface area (TPSA) is 111 Å². The lowest BCUT2D eigenvalue weighted by Gasteiger charge is -2.12. The van der Waals surface area contributed by atoms with Crippen molar-refractivity contribution in [1.82, 2.24) is 16.2 Å². The number of carbonyl (C=O) groups excluding carboxylic acids is 1. The van der Waals surface area contributed by atoms with E-state index >= 15 is 0 Å². The fourth-order valence-corrected chi connectivity index (χ4v) is 4.25. The zero-order valence-corrected chi connectivity index (χ0v) is 17.7. The van der Waals surface area contributed by atoms with Gasteiger partial charge in [-0.3, -0.25) is 15.6 Å². The first-order chi connectivity index (χ1) is 13.8. The number of hydrogen-bond acceptors (Lipinski definition) is 5. The number of hydrazine groups is 1. The first-order valence-corrected chi connectivity index (χ1v) is 11.3. The molecule has 11 heteroatoms. The maximum atomic E-state index is 12.4. The van der Waals surface area contributed by atoms with E-state index in [9.17, 15) is 13.2 Å². The first-order valence-electron chi connectivity index (χ1n) is 8.86. The Balaban J connectivity index is 1.52. The summed E-state index contributed by atoms with van der Waals surface area (Å²) in [5.41, 5.74) is 7.47. The SMILES string of the molecule is O=C(NCC1CNNC1)Nc1ccc(NS(=O)(=O)Cc2ccc(Cl)c(Cl)c2)cc1. The van der Waals surface area contributed by atoms with Crippen molar-refractivity contribution in [1.29, 1.82) is 0 Å². The number of urea groups is 1. The van der Waals surface area contributed by atoms with Gasteiger partial charge in [0.25, 0.3) is 0 Å². The summed E-state index contributed by atoms with van der Waals surface area (Å²) in [7, 11) is -3.63. The van der Waals surface area contributed by atoms with Crippen molar-refractivity contribution in [3.05, 3.63) is 58.1 Å². The maximum Gasteiger partial charge on any atom is 0.319 e. The predicted molar refractivity (Wildman–Crippen MR) is 116 cm³/mol. The normalized spacial score (nSPS) is 14.6. The standard InChI is InChI=1S/C18H21Cl2N5O3S/c19-16-6-1-12(7-17(16)20)11-29(27,28)25-15-4-2-14(3-5-15)24-18(26)21-8-13-9-22-23-10-13/h1-7,13,22-23,25H,8-11H2,(H2,21,24,26). The lowest BCUT2D eigenvalue weighted by molar-refractivity contribution is 0.250. The van der Waals surface area contributed by atoms with Crippen molar-refractivity contribution in [2.75, 3.05) is 29.7 Å². The first kappa shape index (κ1) is 21.7. The van der Waals surface area contributed by atoms with E-state index < -0.39 is 10.0 Å². The third-order valence-corrected chi connectivity index (χ3v) is 6.21. The molecule has 1 aliphatic heterocycles. The lowest BCUT2D eigenvalue weighted by Crippen LogP contribution is -2.34. The molecule has 0 aliphatic carbocycles. The van der Waals surface area contributed by atoms with Crippen LogP contribution >= 0.6 is 23.2 Å². The van der Waals surface area contributed by atoms with Gasteiger partial charge in [0.2, 0.25) is 10.0 Å². The van der Waals surface area contributed by atoms with Crippen LogP contribution in [-0.2, 0) is 15.8 Å². The summed E-state index contributed by atoms with van der Waals surface area (Å²) in [6, 6.07) is 10.8. The quantitative estimate of drug-likeness (QED) is 0.438. The summed E-state index contributed by atoms with van der Waals surface area (Å²) in [6.45, 7) is 2.16. The number of hydrogen-bond donors (Lipinski definition) is 5. The molecule has 3 rings (SSSR count). The highest BCUT2D eigenvalue weighted by Crippen LogP contribution is 2.24. The number of sulfonamides is 1. The van der Waals surface area contributed by atoms with Crippen LogP contribution < -0.4 is 26.2 Å². The molecule has 2 aromatic carbocycles. The Morgan fingerprint density at radius 3 is 2.31 bits per heavy atom. The smallest absolute Gasteiger partial charge is 0.319 e. The Kier molecular flexibility index (Phi) is 7.20. The van der Waals surface area contributed by atoms with E-state index in [1.807, 2.05) is 0 Å². The van der Waals surface area contributed by atoms with Crippen LogP contribution in [0.15, 0.2) is 42.5 Å². The number of nitrogens with one attached hydrogen (secondary N) is 5. The summed E-state index contributed by atoms with van der Waals surface area (Å²) in [5, 5.41) is 6.18. The van der Waals surface area contributed by atoms with Crippen LogP contribution in [-0.4, -0.2) is 34.1 Å². The van der Waals surface area contributed by atoms with Gasteiger partial charge in [-0.2, -0.15) is 0 Å². The van der Waals surface area contributed by atoms with E-state index in [1.165, 1.54) is 6.07 Å². The Morgan fingerprint density at radius 2 is 1.66 bits per heavy atom. The molecule has 2 amide bonds. The van der Waals surface area contributed by atoms with E-state index in [4.69, 9.17) is 23.2 Å². The highest BCUT2D eigenvalue weighted by atomic mass is 35.5. The molecule has 1 aliphatic rings. The number of amides is 2. The Hall–Kier alpha value is -2.04. The van der Waals surface area contributed by atoms with Crippen molar-refractivity contribution in [3.63, 3.8) is 0 Å². The number of rotatable bonds is 7. The highest BCUT2D eigenvalue weighted by molar-refractivity contribution is 7.91. The third kappa shape index (κ3) is 6.76. The van der Waals surface area contributed by atoms with Gasteiger partial charge in [0.1, 0.15) is 0 Å². The van der Waals surface area contributed by atoms with Gasteiger partial charge in [-0.25, -0.2) is 13.2 Å². The zero-order chi connectivity index (χ0) is 20.9. The second-order valence-electron chi connectivity index (χ2n) is 6.65. The van der Waals surface area contributed by atoms with E-state index in [0.717, 1.165) is 13.1 Å². The van der Waals surface area contributed by atoms with Gasteiger partial charge in [-0.05, 0) is 42.0 Å². The van der Waals surface area contributed by atoms with Crippen LogP contribution in [0.25, 0.3) is 0 Å². The van der Waals surface area contributed by atoms with Gasteiger partial charge in [0.05, 0.1) is 15.8 Å². The van der Waals surface area contributed by atoms with Crippen molar-refractivity contribution >= 4 is 50.6 Å². The van der Waals surface area contributed by atoms with Crippen LogP contribution in [0.1, 0.15) is 5.56 Å². The third-order valence-electron chi connectivity index (χ3n) is 4.21. The molecular formula is C18H21Cl2N5O3S. The largest absolute Gasteiger partial charge is 0.337 e. The van der Waals surface area contributed by atoms with E-state index in [-0.39, 0.29) is 11.8 Å².